The molecule has 18 heavy (non-hydrogen) atoms. The van der Waals surface area contributed by atoms with Crippen molar-refractivity contribution in [1.29, 1.82) is 0 Å². The lowest BCUT2D eigenvalue weighted by Crippen LogP contribution is -2.12. The van der Waals surface area contributed by atoms with Gasteiger partial charge in [0, 0.05) is 0 Å². The number of esters is 1. The molecule has 0 saturated carbocycles. The number of hydrogen-bond donors (Lipinski definition) is 1. The summed E-state index contributed by atoms with van der Waals surface area (Å²) < 4.78 is 10.5. The van der Waals surface area contributed by atoms with Gasteiger partial charge >= 0.3 is 11.9 Å². The smallest absolute Gasteiger partial charge is 0.311 e. The predicted octanol–water partition coefficient (Wildman–Crippen LogP) is 2.24. The summed E-state index contributed by atoms with van der Waals surface area (Å²) in [5, 5.41) is 8.47. The number of hydrogen-bond acceptors (Lipinski definition) is 4. The van der Waals surface area contributed by atoms with Crippen molar-refractivity contribution in [3.63, 3.8) is 0 Å². The highest BCUT2D eigenvalue weighted by Gasteiger charge is 2.12. The van der Waals surface area contributed by atoms with Gasteiger partial charge < -0.3 is 14.6 Å². The third kappa shape index (κ3) is 4.86. The zero-order valence-electron chi connectivity index (χ0n) is 10.4. The van der Waals surface area contributed by atoms with E-state index >= 15 is 0 Å². The second kappa shape index (κ2) is 6.64. The van der Waals surface area contributed by atoms with Gasteiger partial charge in [-0.1, -0.05) is 12.1 Å². The number of carbonyl (C=O) groups excluding carboxylic acids is 1. The summed E-state index contributed by atoms with van der Waals surface area (Å²) in [6.45, 7) is 3.73. The highest BCUT2D eigenvalue weighted by atomic mass is 16.6. The van der Waals surface area contributed by atoms with Crippen molar-refractivity contribution in [3.8, 4) is 11.5 Å². The normalized spacial score (nSPS) is 10.2. The minimum absolute atomic E-state index is 0.0381. The van der Waals surface area contributed by atoms with Gasteiger partial charge in [-0.15, -0.1) is 0 Å². The first kappa shape index (κ1) is 14.0. The largest absolute Gasteiger partial charge is 0.487 e. The zero-order valence-corrected chi connectivity index (χ0v) is 10.4. The van der Waals surface area contributed by atoms with Crippen LogP contribution < -0.4 is 9.47 Å². The van der Waals surface area contributed by atoms with Gasteiger partial charge in [0.05, 0.1) is 18.9 Å². The number of carbonyl (C=O) groups is 2. The van der Waals surface area contributed by atoms with E-state index in [0.29, 0.717) is 11.5 Å². The standard InChI is InChI=1S/C13H16O5/c1-9(2)17-10-5-3-4-6-11(10)18-13(16)8-7-12(14)15/h3-6,9H,7-8H2,1-2H3,(H,14,15). The summed E-state index contributed by atoms with van der Waals surface area (Å²) in [6, 6.07) is 6.79. The molecule has 0 aliphatic carbocycles. The minimum Gasteiger partial charge on any atom is -0.487 e. The monoisotopic (exact) mass is 252 g/mol. The third-order valence-electron chi connectivity index (χ3n) is 1.98. The van der Waals surface area contributed by atoms with Crippen LogP contribution in [0, 0.1) is 0 Å². The molecule has 0 aliphatic heterocycles. The topological polar surface area (TPSA) is 72.8 Å². The average molecular weight is 252 g/mol. The van der Waals surface area contributed by atoms with Gasteiger partial charge in [-0.3, -0.25) is 9.59 Å². The van der Waals surface area contributed by atoms with Gasteiger partial charge in [0.2, 0.25) is 0 Å². The van der Waals surface area contributed by atoms with Crippen molar-refractivity contribution < 1.29 is 24.2 Å². The van der Waals surface area contributed by atoms with Crippen LogP contribution in [0.2, 0.25) is 0 Å². The van der Waals surface area contributed by atoms with Crippen LogP contribution in [0.5, 0.6) is 11.5 Å². The zero-order chi connectivity index (χ0) is 13.5. The fourth-order valence-corrected chi connectivity index (χ4v) is 1.27. The van der Waals surface area contributed by atoms with Crippen LogP contribution in [0.4, 0.5) is 0 Å². The molecule has 5 nitrogen and oxygen atoms in total. The number of rotatable bonds is 6. The number of para-hydroxylation sites is 2. The highest BCUT2D eigenvalue weighted by Crippen LogP contribution is 2.27. The Morgan fingerprint density at radius 1 is 1.17 bits per heavy atom. The molecule has 0 heterocycles. The van der Waals surface area contributed by atoms with Crippen molar-refractivity contribution in [2.75, 3.05) is 0 Å². The maximum Gasteiger partial charge on any atom is 0.311 e. The van der Waals surface area contributed by atoms with E-state index in [-0.39, 0.29) is 18.9 Å². The van der Waals surface area contributed by atoms with Crippen molar-refractivity contribution in [1.82, 2.24) is 0 Å². The van der Waals surface area contributed by atoms with Crippen LogP contribution in [0.1, 0.15) is 26.7 Å². The molecule has 0 aliphatic rings. The summed E-state index contributed by atoms with van der Waals surface area (Å²) in [7, 11) is 0. The molecule has 1 rings (SSSR count). The van der Waals surface area contributed by atoms with Crippen LogP contribution in [0.15, 0.2) is 24.3 Å². The summed E-state index contributed by atoms with van der Waals surface area (Å²) in [5.74, 6) is -0.839. The summed E-state index contributed by atoms with van der Waals surface area (Å²) in [6.07, 6.45) is -0.443. The molecule has 1 aromatic rings. The molecule has 0 bridgehead atoms. The van der Waals surface area contributed by atoms with Gasteiger partial charge in [-0.05, 0) is 26.0 Å². The molecule has 0 unspecified atom stereocenters. The average Bonchev–Trinajstić information content (AvgIpc) is 2.28. The van der Waals surface area contributed by atoms with E-state index in [0.717, 1.165) is 0 Å². The van der Waals surface area contributed by atoms with Crippen molar-refractivity contribution in [3.05, 3.63) is 24.3 Å². The van der Waals surface area contributed by atoms with E-state index in [2.05, 4.69) is 0 Å². The molecular formula is C13H16O5. The lowest BCUT2D eigenvalue weighted by atomic mass is 10.3. The molecule has 1 N–H and O–H groups in total. The maximum atomic E-state index is 11.4. The van der Waals surface area contributed by atoms with Crippen molar-refractivity contribution in [2.24, 2.45) is 0 Å². The van der Waals surface area contributed by atoms with E-state index in [1.807, 2.05) is 13.8 Å². The van der Waals surface area contributed by atoms with Gasteiger partial charge in [0.25, 0.3) is 0 Å². The van der Waals surface area contributed by atoms with Gasteiger partial charge in [0.1, 0.15) is 0 Å². The predicted molar refractivity (Wildman–Crippen MR) is 64.7 cm³/mol. The molecule has 0 atom stereocenters. The van der Waals surface area contributed by atoms with Crippen LogP contribution in [-0.2, 0) is 9.59 Å². The molecule has 0 aromatic heterocycles. The summed E-state index contributed by atoms with van der Waals surface area (Å²) >= 11 is 0. The lowest BCUT2D eigenvalue weighted by molar-refractivity contribution is -0.142. The first-order valence-electron chi connectivity index (χ1n) is 5.67. The van der Waals surface area contributed by atoms with Crippen LogP contribution in [0.25, 0.3) is 0 Å². The number of carboxylic acids is 1. The molecule has 98 valence electrons. The van der Waals surface area contributed by atoms with Gasteiger partial charge in [-0.25, -0.2) is 0 Å². The first-order valence-corrected chi connectivity index (χ1v) is 5.67. The summed E-state index contributed by atoms with van der Waals surface area (Å²) in [4.78, 5) is 21.7. The Morgan fingerprint density at radius 2 is 1.78 bits per heavy atom. The Hall–Kier alpha value is -2.04. The third-order valence-corrected chi connectivity index (χ3v) is 1.98. The molecule has 0 radical (unpaired) electrons. The Kier molecular flexibility index (Phi) is 5.17. The number of ether oxygens (including phenoxy) is 2. The highest BCUT2D eigenvalue weighted by molar-refractivity contribution is 5.78. The molecule has 5 heteroatoms. The fraction of sp³-hybridized carbons (Fsp3) is 0.385. The Balaban J connectivity index is 2.65. The van der Waals surface area contributed by atoms with Gasteiger partial charge in [-0.2, -0.15) is 0 Å². The Labute approximate surface area is 105 Å². The van der Waals surface area contributed by atoms with E-state index < -0.39 is 11.9 Å². The Bertz CT molecular complexity index is 425. The second-order valence-electron chi connectivity index (χ2n) is 3.98. The number of aliphatic carboxylic acids is 1. The molecule has 0 saturated heterocycles. The quantitative estimate of drug-likeness (QED) is 0.621. The Morgan fingerprint density at radius 3 is 2.33 bits per heavy atom. The molecule has 0 amide bonds. The minimum atomic E-state index is -1.03. The van der Waals surface area contributed by atoms with Crippen LogP contribution >= 0.6 is 0 Å². The van der Waals surface area contributed by atoms with E-state index in [9.17, 15) is 9.59 Å². The van der Waals surface area contributed by atoms with E-state index in [1.54, 1.807) is 24.3 Å². The van der Waals surface area contributed by atoms with Crippen LogP contribution in [0.3, 0.4) is 0 Å². The second-order valence-corrected chi connectivity index (χ2v) is 3.98. The van der Waals surface area contributed by atoms with Crippen molar-refractivity contribution >= 4 is 11.9 Å². The first-order chi connectivity index (χ1) is 8.49. The van der Waals surface area contributed by atoms with E-state index in [4.69, 9.17) is 14.6 Å². The molecule has 1 aromatic carbocycles. The lowest BCUT2D eigenvalue weighted by Gasteiger charge is -2.13. The fourth-order valence-electron chi connectivity index (χ4n) is 1.27. The van der Waals surface area contributed by atoms with E-state index in [1.165, 1.54) is 0 Å². The van der Waals surface area contributed by atoms with Crippen molar-refractivity contribution in [2.45, 2.75) is 32.8 Å². The number of carboxylic acid groups (broad SMARTS) is 1. The summed E-state index contributed by atoms with van der Waals surface area (Å²) in [5.41, 5.74) is 0. The van der Waals surface area contributed by atoms with Gasteiger partial charge in [0.15, 0.2) is 11.5 Å². The molecule has 0 fully saturated rings. The number of benzene rings is 1. The molecular weight excluding hydrogens is 236 g/mol. The van der Waals surface area contributed by atoms with Crippen LogP contribution in [-0.4, -0.2) is 23.1 Å². The SMILES string of the molecule is CC(C)Oc1ccccc1OC(=O)CCC(=O)O. The maximum absolute atomic E-state index is 11.4. The molecule has 0 spiro atoms.